The van der Waals surface area contributed by atoms with E-state index in [0.717, 1.165) is 5.56 Å². The van der Waals surface area contributed by atoms with Gasteiger partial charge in [0.25, 0.3) is 0 Å². The molecule has 0 unspecified atom stereocenters. The van der Waals surface area contributed by atoms with Crippen molar-refractivity contribution in [1.82, 2.24) is 0 Å². The number of aliphatic hydroxyl groups is 1. The molecule has 17 heavy (non-hydrogen) atoms. The molecule has 0 heterocycles. The quantitative estimate of drug-likeness (QED) is 0.813. The Balaban J connectivity index is 2.75. The summed E-state index contributed by atoms with van der Waals surface area (Å²) < 4.78 is 4.66. The van der Waals surface area contributed by atoms with Gasteiger partial charge in [-0.15, -0.1) is 0 Å². The fraction of sp³-hybridized carbons (Fsp3) is 0.357. The molecule has 0 spiro atoms. The van der Waals surface area contributed by atoms with Crippen LogP contribution in [0.25, 0.3) is 6.08 Å². The van der Waals surface area contributed by atoms with E-state index in [1.165, 1.54) is 7.11 Å². The van der Waals surface area contributed by atoms with Gasteiger partial charge in [0.05, 0.1) is 18.6 Å². The summed E-state index contributed by atoms with van der Waals surface area (Å²) in [6, 6.07) is 9.60. The molecule has 0 amide bonds. The van der Waals surface area contributed by atoms with E-state index >= 15 is 0 Å². The van der Waals surface area contributed by atoms with Gasteiger partial charge < -0.3 is 9.84 Å². The SMILES string of the molecule is COC(=O)C(C)(C)[C@@H](O)/C=C/c1ccccc1. The third-order valence-electron chi connectivity index (χ3n) is 2.72. The highest BCUT2D eigenvalue weighted by Crippen LogP contribution is 2.23. The van der Waals surface area contributed by atoms with Crippen molar-refractivity contribution in [3.63, 3.8) is 0 Å². The van der Waals surface area contributed by atoms with Crippen LogP contribution in [0.2, 0.25) is 0 Å². The first kappa shape index (κ1) is 13.5. The monoisotopic (exact) mass is 234 g/mol. The van der Waals surface area contributed by atoms with Crippen molar-refractivity contribution >= 4 is 12.0 Å². The molecule has 0 aliphatic rings. The molecule has 1 aromatic carbocycles. The minimum atomic E-state index is -0.944. The normalized spacial score (nSPS) is 13.6. The van der Waals surface area contributed by atoms with Gasteiger partial charge in [0.15, 0.2) is 0 Å². The number of aliphatic hydroxyl groups excluding tert-OH is 1. The molecule has 0 aliphatic carbocycles. The van der Waals surface area contributed by atoms with Crippen LogP contribution < -0.4 is 0 Å². The lowest BCUT2D eigenvalue weighted by Gasteiger charge is -2.25. The highest BCUT2D eigenvalue weighted by atomic mass is 16.5. The van der Waals surface area contributed by atoms with Crippen molar-refractivity contribution in [2.45, 2.75) is 20.0 Å². The molecular weight excluding hydrogens is 216 g/mol. The van der Waals surface area contributed by atoms with E-state index in [1.807, 2.05) is 30.3 Å². The smallest absolute Gasteiger partial charge is 0.314 e. The minimum absolute atomic E-state index is 0.428. The van der Waals surface area contributed by atoms with Crippen LogP contribution in [-0.4, -0.2) is 24.3 Å². The summed E-state index contributed by atoms with van der Waals surface area (Å²) in [7, 11) is 1.32. The molecule has 0 aliphatic heterocycles. The Labute approximate surface area is 102 Å². The van der Waals surface area contributed by atoms with Crippen LogP contribution in [0, 0.1) is 5.41 Å². The number of rotatable bonds is 4. The molecule has 0 radical (unpaired) electrons. The number of esters is 1. The Hall–Kier alpha value is -1.61. The zero-order chi connectivity index (χ0) is 12.9. The second kappa shape index (κ2) is 5.64. The summed E-state index contributed by atoms with van der Waals surface area (Å²) >= 11 is 0. The maximum Gasteiger partial charge on any atom is 0.314 e. The molecule has 1 aromatic rings. The predicted octanol–water partition coefficient (Wildman–Crippen LogP) is 2.26. The van der Waals surface area contributed by atoms with Crippen LogP contribution >= 0.6 is 0 Å². The van der Waals surface area contributed by atoms with Gasteiger partial charge in [0, 0.05) is 0 Å². The fourth-order valence-corrected chi connectivity index (χ4v) is 1.39. The first-order valence-corrected chi connectivity index (χ1v) is 5.48. The summed E-state index contributed by atoms with van der Waals surface area (Å²) in [6.45, 7) is 3.30. The third-order valence-corrected chi connectivity index (χ3v) is 2.72. The van der Waals surface area contributed by atoms with Gasteiger partial charge in [0.1, 0.15) is 0 Å². The van der Waals surface area contributed by atoms with E-state index in [1.54, 1.807) is 26.0 Å². The number of carbonyl (C=O) groups excluding carboxylic acids is 1. The van der Waals surface area contributed by atoms with Gasteiger partial charge in [-0.25, -0.2) is 0 Å². The van der Waals surface area contributed by atoms with Crippen LogP contribution in [0.3, 0.4) is 0 Å². The van der Waals surface area contributed by atoms with Gasteiger partial charge in [-0.2, -0.15) is 0 Å². The van der Waals surface area contributed by atoms with Crippen molar-refractivity contribution in [1.29, 1.82) is 0 Å². The number of benzene rings is 1. The first-order valence-electron chi connectivity index (χ1n) is 5.48. The van der Waals surface area contributed by atoms with Crippen LogP contribution in [0.4, 0.5) is 0 Å². The average Bonchev–Trinajstić information content (AvgIpc) is 2.35. The number of ether oxygens (including phenoxy) is 1. The molecule has 1 atom stereocenters. The second-order valence-corrected chi connectivity index (χ2v) is 4.43. The summed E-state index contributed by atoms with van der Waals surface area (Å²) in [6.07, 6.45) is 2.51. The Morgan fingerprint density at radius 1 is 1.35 bits per heavy atom. The molecular formula is C14H18O3. The zero-order valence-corrected chi connectivity index (χ0v) is 10.4. The lowest BCUT2D eigenvalue weighted by molar-refractivity contribution is -0.155. The van der Waals surface area contributed by atoms with Gasteiger partial charge in [-0.1, -0.05) is 42.5 Å². The van der Waals surface area contributed by atoms with Gasteiger partial charge in [-0.05, 0) is 19.4 Å². The molecule has 0 fully saturated rings. The molecule has 1 rings (SSSR count). The molecule has 0 aromatic heterocycles. The molecule has 0 bridgehead atoms. The molecule has 0 saturated heterocycles. The summed E-state index contributed by atoms with van der Waals surface area (Å²) in [4.78, 5) is 11.5. The van der Waals surface area contributed by atoms with Crippen molar-refractivity contribution in [2.24, 2.45) is 5.41 Å². The maximum atomic E-state index is 11.5. The van der Waals surface area contributed by atoms with Gasteiger partial charge >= 0.3 is 5.97 Å². The minimum Gasteiger partial charge on any atom is -0.469 e. The zero-order valence-electron chi connectivity index (χ0n) is 10.4. The highest BCUT2D eigenvalue weighted by molar-refractivity contribution is 5.77. The predicted molar refractivity (Wildman–Crippen MR) is 67.3 cm³/mol. The van der Waals surface area contributed by atoms with Gasteiger partial charge in [0.2, 0.25) is 0 Å². The maximum absolute atomic E-state index is 11.5. The van der Waals surface area contributed by atoms with Crippen LogP contribution in [0.5, 0.6) is 0 Å². The Morgan fingerprint density at radius 3 is 2.47 bits per heavy atom. The van der Waals surface area contributed by atoms with Crippen molar-refractivity contribution < 1.29 is 14.6 Å². The van der Waals surface area contributed by atoms with Crippen molar-refractivity contribution in [3.8, 4) is 0 Å². The molecule has 0 saturated carbocycles. The van der Waals surface area contributed by atoms with Crippen LogP contribution in [0.15, 0.2) is 36.4 Å². The molecule has 92 valence electrons. The van der Waals surface area contributed by atoms with E-state index in [9.17, 15) is 9.90 Å². The average molecular weight is 234 g/mol. The Bertz CT molecular complexity index is 393. The van der Waals surface area contributed by atoms with E-state index in [-0.39, 0.29) is 0 Å². The van der Waals surface area contributed by atoms with Gasteiger partial charge in [-0.3, -0.25) is 4.79 Å². The lowest BCUT2D eigenvalue weighted by Crippen LogP contribution is -2.36. The Kier molecular flexibility index (Phi) is 4.46. The van der Waals surface area contributed by atoms with Crippen molar-refractivity contribution in [3.05, 3.63) is 42.0 Å². The van der Waals surface area contributed by atoms with Crippen LogP contribution in [0.1, 0.15) is 19.4 Å². The van der Waals surface area contributed by atoms with E-state index in [0.29, 0.717) is 0 Å². The Morgan fingerprint density at radius 2 is 1.94 bits per heavy atom. The summed E-state index contributed by atoms with van der Waals surface area (Å²) in [5.74, 6) is -0.428. The molecule has 1 N–H and O–H groups in total. The molecule has 3 heteroatoms. The number of hydrogen-bond acceptors (Lipinski definition) is 3. The number of methoxy groups -OCH3 is 1. The lowest BCUT2D eigenvalue weighted by atomic mass is 9.86. The number of hydrogen-bond donors (Lipinski definition) is 1. The largest absolute Gasteiger partial charge is 0.469 e. The fourth-order valence-electron chi connectivity index (χ4n) is 1.39. The number of carbonyl (C=O) groups is 1. The molecule has 3 nitrogen and oxygen atoms in total. The highest BCUT2D eigenvalue weighted by Gasteiger charge is 2.35. The van der Waals surface area contributed by atoms with E-state index in [4.69, 9.17) is 0 Å². The van der Waals surface area contributed by atoms with Crippen molar-refractivity contribution in [2.75, 3.05) is 7.11 Å². The standard InChI is InChI=1S/C14H18O3/c1-14(2,13(16)17-3)12(15)10-9-11-7-5-4-6-8-11/h4-10,12,15H,1-3H3/b10-9+/t12-/m0/s1. The van der Waals surface area contributed by atoms with E-state index < -0.39 is 17.5 Å². The third kappa shape index (κ3) is 3.43. The second-order valence-electron chi connectivity index (χ2n) is 4.43. The topological polar surface area (TPSA) is 46.5 Å². The van der Waals surface area contributed by atoms with Crippen LogP contribution in [-0.2, 0) is 9.53 Å². The van der Waals surface area contributed by atoms with E-state index in [2.05, 4.69) is 4.74 Å². The summed E-state index contributed by atoms with van der Waals surface area (Å²) in [5, 5.41) is 9.95. The first-order chi connectivity index (χ1) is 7.98. The summed E-state index contributed by atoms with van der Waals surface area (Å²) in [5.41, 5.74) is 0.0345.